The van der Waals surface area contributed by atoms with Crippen molar-refractivity contribution < 1.29 is 8.91 Å². The highest BCUT2D eigenvalue weighted by molar-refractivity contribution is 6.30. The number of nitrogens with zero attached hydrogens (tertiary/aromatic N) is 2. The molecule has 1 fully saturated rings. The van der Waals surface area contributed by atoms with Gasteiger partial charge in [0.05, 0.1) is 10.6 Å². The molecule has 112 valence electrons. The topological polar surface area (TPSA) is 64.9 Å². The Kier molecular flexibility index (Phi) is 3.95. The van der Waals surface area contributed by atoms with Crippen LogP contribution >= 0.6 is 11.6 Å². The fourth-order valence-electron chi connectivity index (χ4n) is 2.78. The van der Waals surface area contributed by atoms with Crippen LogP contribution in [0.5, 0.6) is 0 Å². The van der Waals surface area contributed by atoms with Crippen molar-refractivity contribution >= 4 is 11.6 Å². The van der Waals surface area contributed by atoms with Gasteiger partial charge >= 0.3 is 0 Å². The Bertz CT molecular complexity index is 638. The third kappa shape index (κ3) is 2.94. The van der Waals surface area contributed by atoms with E-state index in [0.717, 1.165) is 25.7 Å². The van der Waals surface area contributed by atoms with Crippen LogP contribution in [0.2, 0.25) is 5.02 Å². The van der Waals surface area contributed by atoms with Gasteiger partial charge < -0.3 is 10.3 Å². The van der Waals surface area contributed by atoms with Gasteiger partial charge in [0.25, 0.3) is 0 Å². The normalized spacial score (nSPS) is 17.9. The smallest absolute Gasteiger partial charge is 0.246 e. The first kappa shape index (κ1) is 14.5. The Morgan fingerprint density at radius 3 is 2.81 bits per heavy atom. The highest BCUT2D eigenvalue weighted by atomic mass is 35.5. The molecule has 0 aliphatic heterocycles. The molecule has 0 radical (unpaired) electrons. The van der Waals surface area contributed by atoms with Crippen LogP contribution in [0.3, 0.4) is 0 Å². The summed E-state index contributed by atoms with van der Waals surface area (Å²) in [5, 5.41) is 4.02. The highest BCUT2D eigenvalue weighted by Crippen LogP contribution is 2.33. The molecule has 1 aliphatic rings. The van der Waals surface area contributed by atoms with E-state index in [2.05, 4.69) is 10.1 Å². The third-order valence-corrected chi connectivity index (χ3v) is 4.31. The van der Waals surface area contributed by atoms with E-state index in [1.165, 1.54) is 12.5 Å². The van der Waals surface area contributed by atoms with Crippen LogP contribution in [0.4, 0.5) is 4.39 Å². The quantitative estimate of drug-likeness (QED) is 0.941. The zero-order chi connectivity index (χ0) is 14.9. The van der Waals surface area contributed by atoms with Gasteiger partial charge in [-0.3, -0.25) is 0 Å². The van der Waals surface area contributed by atoms with Crippen LogP contribution in [-0.4, -0.2) is 10.1 Å². The Balaban J connectivity index is 1.80. The second-order valence-electron chi connectivity index (χ2n) is 5.62. The van der Waals surface area contributed by atoms with Crippen LogP contribution < -0.4 is 5.73 Å². The lowest BCUT2D eigenvalue weighted by Crippen LogP contribution is -2.39. The van der Waals surface area contributed by atoms with Gasteiger partial charge in [0.15, 0.2) is 5.82 Å². The summed E-state index contributed by atoms with van der Waals surface area (Å²) in [4.78, 5) is 4.36. The van der Waals surface area contributed by atoms with Crippen molar-refractivity contribution in [1.29, 1.82) is 0 Å². The molecule has 0 saturated heterocycles. The van der Waals surface area contributed by atoms with E-state index in [9.17, 15) is 4.39 Å². The van der Waals surface area contributed by atoms with Crippen molar-refractivity contribution in [2.24, 2.45) is 5.73 Å². The maximum Gasteiger partial charge on any atom is 0.246 e. The van der Waals surface area contributed by atoms with Gasteiger partial charge in [0, 0.05) is 6.42 Å². The molecule has 1 aliphatic carbocycles. The molecule has 0 unspecified atom stereocenters. The molecule has 1 saturated carbocycles. The van der Waals surface area contributed by atoms with Crippen molar-refractivity contribution in [3.05, 3.63) is 46.3 Å². The summed E-state index contributed by atoms with van der Waals surface area (Å²) >= 11 is 5.77. The molecule has 0 amide bonds. The van der Waals surface area contributed by atoms with Gasteiger partial charge in [-0.1, -0.05) is 48.2 Å². The monoisotopic (exact) mass is 309 g/mol. The minimum Gasteiger partial charge on any atom is -0.337 e. The lowest BCUT2D eigenvalue weighted by Gasteiger charge is -2.29. The van der Waals surface area contributed by atoms with Crippen LogP contribution in [0.1, 0.15) is 49.4 Å². The molecule has 3 rings (SSSR count). The predicted molar refractivity (Wildman–Crippen MR) is 77.5 cm³/mol. The molecule has 0 bridgehead atoms. The maximum atomic E-state index is 13.9. The summed E-state index contributed by atoms with van der Waals surface area (Å²) in [6, 6.07) is 4.88. The molecule has 1 heterocycles. The van der Waals surface area contributed by atoms with Gasteiger partial charge in [-0.15, -0.1) is 0 Å². The molecule has 1 aromatic carbocycles. The summed E-state index contributed by atoms with van der Waals surface area (Å²) in [5.74, 6) is 0.451. The number of aromatic nitrogens is 2. The zero-order valence-electron chi connectivity index (χ0n) is 11.6. The Labute approximate surface area is 127 Å². The van der Waals surface area contributed by atoms with Crippen LogP contribution in [0, 0.1) is 5.82 Å². The van der Waals surface area contributed by atoms with Gasteiger partial charge in [-0.25, -0.2) is 4.39 Å². The lowest BCUT2D eigenvalue weighted by molar-refractivity contribution is 0.219. The number of hydrogen-bond donors (Lipinski definition) is 1. The summed E-state index contributed by atoms with van der Waals surface area (Å²) < 4.78 is 19.2. The molecule has 6 heteroatoms. The molecule has 2 aromatic rings. The van der Waals surface area contributed by atoms with E-state index < -0.39 is 11.4 Å². The molecular weight excluding hydrogens is 293 g/mol. The largest absolute Gasteiger partial charge is 0.337 e. The van der Waals surface area contributed by atoms with Crippen LogP contribution in [0.25, 0.3) is 0 Å². The summed E-state index contributed by atoms with van der Waals surface area (Å²) in [5.41, 5.74) is 6.27. The van der Waals surface area contributed by atoms with Gasteiger partial charge in [-0.05, 0) is 24.5 Å². The third-order valence-electron chi connectivity index (χ3n) is 4.02. The molecule has 0 spiro atoms. The number of hydrogen-bond acceptors (Lipinski definition) is 4. The summed E-state index contributed by atoms with van der Waals surface area (Å²) in [6.07, 6.45) is 5.26. The first-order valence-electron chi connectivity index (χ1n) is 7.13. The fourth-order valence-corrected chi connectivity index (χ4v) is 2.97. The average molecular weight is 310 g/mol. The second kappa shape index (κ2) is 5.73. The van der Waals surface area contributed by atoms with Crippen molar-refractivity contribution in [1.82, 2.24) is 10.1 Å². The molecule has 2 N–H and O–H groups in total. The van der Waals surface area contributed by atoms with E-state index in [0.29, 0.717) is 17.3 Å². The van der Waals surface area contributed by atoms with Crippen LogP contribution in [-0.2, 0) is 12.0 Å². The predicted octanol–water partition coefficient (Wildman–Crippen LogP) is 3.57. The minimum atomic E-state index is -0.531. The van der Waals surface area contributed by atoms with Crippen LogP contribution in [0.15, 0.2) is 22.7 Å². The molecule has 21 heavy (non-hydrogen) atoms. The molecule has 0 atom stereocenters. The first-order chi connectivity index (χ1) is 10.1. The zero-order valence-corrected chi connectivity index (χ0v) is 12.4. The fraction of sp³-hybridized carbons (Fsp3) is 0.467. The summed E-state index contributed by atoms with van der Waals surface area (Å²) in [7, 11) is 0. The number of benzene rings is 1. The Morgan fingerprint density at radius 2 is 2.05 bits per heavy atom. The maximum absolute atomic E-state index is 13.9. The van der Waals surface area contributed by atoms with Crippen molar-refractivity contribution in [3.8, 4) is 0 Å². The lowest BCUT2D eigenvalue weighted by atomic mass is 9.82. The number of halogens is 2. The number of nitrogens with two attached hydrogens (primary N) is 1. The molecule has 4 nitrogen and oxygen atoms in total. The number of rotatable bonds is 3. The highest BCUT2D eigenvalue weighted by Gasteiger charge is 2.35. The van der Waals surface area contributed by atoms with E-state index in [1.54, 1.807) is 12.1 Å². The van der Waals surface area contributed by atoms with Crippen molar-refractivity contribution in [2.45, 2.75) is 44.1 Å². The standard InChI is InChI=1S/C15H17ClFN3O/c16-11-6-4-5-10(13(11)17)9-12-19-14(21-20-12)15(18)7-2-1-3-8-15/h4-6H,1-3,7-9,18H2. The van der Waals surface area contributed by atoms with E-state index in [1.807, 2.05) is 0 Å². The Hall–Kier alpha value is -1.46. The van der Waals surface area contributed by atoms with Gasteiger partial charge in [0.1, 0.15) is 5.82 Å². The molecule has 1 aromatic heterocycles. The first-order valence-corrected chi connectivity index (χ1v) is 7.51. The minimum absolute atomic E-state index is 0.0961. The van der Waals surface area contributed by atoms with E-state index >= 15 is 0 Å². The van der Waals surface area contributed by atoms with Gasteiger partial charge in [-0.2, -0.15) is 4.98 Å². The second-order valence-corrected chi connectivity index (χ2v) is 6.03. The van der Waals surface area contributed by atoms with Crippen molar-refractivity contribution in [3.63, 3.8) is 0 Å². The van der Waals surface area contributed by atoms with Gasteiger partial charge in [0.2, 0.25) is 5.89 Å². The SMILES string of the molecule is NC1(c2nc(Cc3cccc(Cl)c3F)no2)CCCCC1. The van der Waals surface area contributed by atoms with Crippen molar-refractivity contribution in [2.75, 3.05) is 0 Å². The van der Waals surface area contributed by atoms with E-state index in [4.69, 9.17) is 21.9 Å². The van der Waals surface area contributed by atoms with E-state index in [-0.39, 0.29) is 11.4 Å². The molecular formula is C15H17ClFN3O. The summed E-state index contributed by atoms with van der Waals surface area (Å²) in [6.45, 7) is 0. The average Bonchev–Trinajstić information content (AvgIpc) is 2.94. The Morgan fingerprint density at radius 1 is 1.29 bits per heavy atom.